The van der Waals surface area contributed by atoms with Crippen molar-refractivity contribution in [1.29, 1.82) is 5.26 Å². The van der Waals surface area contributed by atoms with Crippen LogP contribution >= 0.6 is 0 Å². The van der Waals surface area contributed by atoms with Crippen molar-refractivity contribution in [3.63, 3.8) is 0 Å². The van der Waals surface area contributed by atoms with Gasteiger partial charge in [-0.2, -0.15) is 18.4 Å². The number of fused-ring (bicyclic) bond motifs is 2. The number of allylic oxidation sites excluding steroid dienone is 3. The summed E-state index contributed by atoms with van der Waals surface area (Å²) in [7, 11) is 0. The maximum absolute atomic E-state index is 16.3. The van der Waals surface area contributed by atoms with Crippen molar-refractivity contribution in [3.05, 3.63) is 112 Å². The van der Waals surface area contributed by atoms with Gasteiger partial charge in [-0.1, -0.05) is 42.5 Å². The summed E-state index contributed by atoms with van der Waals surface area (Å²) in [4.78, 5) is 0. The highest BCUT2D eigenvalue weighted by molar-refractivity contribution is 6.58. The first-order chi connectivity index (χ1) is 18.8. The molecule has 204 valence electrons. The van der Waals surface area contributed by atoms with E-state index in [0.29, 0.717) is 39.9 Å². The number of nitrogens with zero attached hydrogens (tertiary/aromatic N) is 3. The summed E-state index contributed by atoms with van der Waals surface area (Å²) in [5.74, 6) is 0. The second-order valence-electron chi connectivity index (χ2n) is 9.86. The highest BCUT2D eigenvalue weighted by Gasteiger charge is 2.55. The third-order valence-electron chi connectivity index (χ3n) is 7.07. The summed E-state index contributed by atoms with van der Waals surface area (Å²) in [6.45, 7) is 1.01. The highest BCUT2D eigenvalue weighted by Crippen LogP contribution is 2.44. The first kappa shape index (κ1) is 27.2. The SMILES string of the molecule is CC1=CC(/C=C/c2ccc(NC([O-])(C#N)C(F)(F)F)cc2)=[N+]2C1=C(c1ccccc1)c1c(C)cc(C)n1[B-]2(F)F. The first-order valence-corrected chi connectivity index (χ1v) is 12.4. The molecule has 3 heterocycles. The normalized spacial score (nSPS) is 17.9. The number of rotatable bonds is 5. The van der Waals surface area contributed by atoms with Gasteiger partial charge in [0.15, 0.2) is 17.1 Å². The average molecular weight is 549 g/mol. The zero-order valence-electron chi connectivity index (χ0n) is 21.7. The van der Waals surface area contributed by atoms with E-state index in [1.807, 2.05) is 37.3 Å². The van der Waals surface area contributed by atoms with Crippen LogP contribution in [0.15, 0.2) is 84.1 Å². The zero-order valence-corrected chi connectivity index (χ0v) is 21.7. The van der Waals surface area contributed by atoms with Crippen LogP contribution in [0.2, 0.25) is 0 Å². The Labute approximate surface area is 227 Å². The lowest BCUT2D eigenvalue weighted by Crippen LogP contribution is -2.61. The van der Waals surface area contributed by atoms with Gasteiger partial charge in [-0.05, 0) is 67.4 Å². The number of anilines is 1. The highest BCUT2D eigenvalue weighted by atomic mass is 19.4. The molecule has 0 saturated carbocycles. The number of nitrogens with one attached hydrogen (secondary N) is 1. The fourth-order valence-corrected chi connectivity index (χ4v) is 5.33. The molecule has 2 aliphatic heterocycles. The van der Waals surface area contributed by atoms with Gasteiger partial charge in [0.1, 0.15) is 0 Å². The molecule has 5 rings (SSSR count). The number of alkyl halides is 3. The molecular weight excluding hydrogens is 526 g/mol. The lowest BCUT2D eigenvalue weighted by molar-refractivity contribution is -0.507. The monoisotopic (exact) mass is 549 g/mol. The van der Waals surface area contributed by atoms with Crippen LogP contribution in [-0.2, 0) is 0 Å². The Balaban J connectivity index is 1.58. The van der Waals surface area contributed by atoms with Gasteiger partial charge in [-0.15, -0.1) is 0 Å². The van der Waals surface area contributed by atoms with Gasteiger partial charge in [0.2, 0.25) is 0 Å². The molecule has 0 fully saturated rings. The topological polar surface area (TPSA) is 66.8 Å². The molecule has 2 aliphatic rings. The number of aromatic nitrogens is 1. The largest absolute Gasteiger partial charge is 0.816 e. The van der Waals surface area contributed by atoms with Crippen molar-refractivity contribution >= 4 is 30.0 Å². The minimum atomic E-state index is -5.33. The predicted molar refractivity (Wildman–Crippen MR) is 142 cm³/mol. The molecule has 1 aromatic heterocycles. The van der Waals surface area contributed by atoms with Gasteiger partial charge in [0, 0.05) is 29.1 Å². The smallest absolute Gasteiger partial charge is 0.737 e. The van der Waals surface area contributed by atoms with Crippen LogP contribution in [-0.4, -0.2) is 33.5 Å². The van der Waals surface area contributed by atoms with Crippen molar-refractivity contribution in [1.82, 2.24) is 4.48 Å². The van der Waals surface area contributed by atoms with Crippen LogP contribution in [0.5, 0.6) is 0 Å². The van der Waals surface area contributed by atoms with E-state index in [1.54, 1.807) is 37.4 Å². The number of nitriles is 1. The second-order valence-corrected chi connectivity index (χ2v) is 9.86. The molecule has 1 unspecified atom stereocenters. The summed E-state index contributed by atoms with van der Waals surface area (Å²) in [5.41, 5.74) is 0.803. The van der Waals surface area contributed by atoms with Crippen molar-refractivity contribution in [2.45, 2.75) is 32.7 Å². The van der Waals surface area contributed by atoms with Gasteiger partial charge >= 0.3 is 13.1 Å². The summed E-state index contributed by atoms with van der Waals surface area (Å²) >= 11 is 0. The Hall–Kier alpha value is -4.43. The molecule has 0 bridgehead atoms. The summed E-state index contributed by atoms with van der Waals surface area (Å²) in [6, 6.07) is 17.1. The van der Waals surface area contributed by atoms with Crippen LogP contribution in [0.3, 0.4) is 0 Å². The Morgan fingerprint density at radius 2 is 1.65 bits per heavy atom. The Bertz CT molecular complexity index is 1680. The first-order valence-electron chi connectivity index (χ1n) is 12.4. The van der Waals surface area contributed by atoms with E-state index < -0.39 is 18.9 Å². The van der Waals surface area contributed by atoms with Crippen molar-refractivity contribution in [3.8, 4) is 6.07 Å². The molecule has 5 nitrogen and oxygen atoms in total. The summed E-state index contributed by atoms with van der Waals surface area (Å²) in [5, 5.41) is 22.2. The van der Waals surface area contributed by atoms with Gasteiger partial charge < -0.3 is 28.0 Å². The van der Waals surface area contributed by atoms with Gasteiger partial charge in [-0.25, -0.2) is 0 Å². The van der Waals surface area contributed by atoms with E-state index in [0.717, 1.165) is 20.1 Å². The molecular formula is C29H23BF5N4O-. The van der Waals surface area contributed by atoms with E-state index in [4.69, 9.17) is 5.26 Å². The van der Waals surface area contributed by atoms with Crippen LogP contribution < -0.4 is 10.4 Å². The van der Waals surface area contributed by atoms with Crippen molar-refractivity contribution in [2.75, 3.05) is 5.32 Å². The summed E-state index contributed by atoms with van der Waals surface area (Å²) < 4.78 is 73.6. The predicted octanol–water partition coefficient (Wildman–Crippen LogP) is 5.78. The third kappa shape index (κ3) is 4.25. The molecule has 0 radical (unpaired) electrons. The number of aryl methyl sites for hydroxylation is 2. The van der Waals surface area contributed by atoms with Gasteiger partial charge in [0.25, 0.3) is 0 Å². The Morgan fingerprint density at radius 1 is 1.00 bits per heavy atom. The minimum absolute atomic E-state index is 0.204. The standard InChI is InChI=1S/C29H23BF5N4O/c1-18-15-20(3)38-26(18)25(22-7-5-4-6-8-22)27-19(2)16-24(39(27)30(38,34)35)14-11-21-9-12-23(13-10-21)37-28(40,17-36)29(31,32)33/h4-16,37H,1-3H3/q-1/b14-11+. The van der Waals surface area contributed by atoms with Crippen LogP contribution in [0.4, 0.5) is 27.5 Å². The van der Waals surface area contributed by atoms with E-state index in [9.17, 15) is 18.3 Å². The number of hydrogen-bond acceptors (Lipinski definition) is 3. The molecule has 0 saturated heterocycles. The van der Waals surface area contributed by atoms with E-state index >= 15 is 8.63 Å². The molecule has 3 aromatic rings. The molecule has 0 spiro atoms. The average Bonchev–Trinajstić information content (AvgIpc) is 3.40. The van der Waals surface area contributed by atoms with Crippen molar-refractivity contribution < 1.29 is 31.4 Å². The van der Waals surface area contributed by atoms with Crippen LogP contribution in [0, 0.1) is 25.2 Å². The van der Waals surface area contributed by atoms with Crippen molar-refractivity contribution in [2.24, 2.45) is 0 Å². The fraction of sp³-hybridized carbons (Fsp3) is 0.172. The minimum Gasteiger partial charge on any atom is -0.816 e. The molecule has 0 amide bonds. The zero-order chi connectivity index (χ0) is 29.0. The molecule has 40 heavy (non-hydrogen) atoms. The molecule has 1 N–H and O–H groups in total. The molecule has 0 aliphatic carbocycles. The number of halogens is 5. The second kappa shape index (κ2) is 9.35. The van der Waals surface area contributed by atoms with E-state index in [-0.39, 0.29) is 11.4 Å². The Morgan fingerprint density at radius 3 is 2.25 bits per heavy atom. The van der Waals surface area contributed by atoms with E-state index in [1.165, 1.54) is 30.3 Å². The number of hydrogen-bond donors (Lipinski definition) is 1. The van der Waals surface area contributed by atoms with Gasteiger partial charge in [-0.3, -0.25) is 0 Å². The van der Waals surface area contributed by atoms with Crippen LogP contribution in [0.25, 0.3) is 11.6 Å². The molecule has 2 aromatic carbocycles. The molecule has 1 atom stereocenters. The maximum Gasteiger partial charge on any atom is 0.737 e. The number of benzene rings is 2. The fourth-order valence-electron chi connectivity index (χ4n) is 5.33. The maximum atomic E-state index is 16.3. The lowest BCUT2D eigenvalue weighted by Gasteiger charge is -2.36. The molecule has 11 heteroatoms. The summed E-state index contributed by atoms with van der Waals surface area (Å²) in [6.07, 6.45) is -0.566. The third-order valence-corrected chi connectivity index (χ3v) is 7.07. The quantitative estimate of drug-likeness (QED) is 0.249. The van der Waals surface area contributed by atoms with E-state index in [2.05, 4.69) is 0 Å². The Kier molecular flexibility index (Phi) is 6.34. The lowest BCUT2D eigenvalue weighted by atomic mass is 9.84. The van der Waals surface area contributed by atoms with Gasteiger partial charge in [0.05, 0.1) is 11.6 Å². The van der Waals surface area contributed by atoms with Crippen LogP contribution in [0.1, 0.15) is 35.0 Å².